The normalized spacial score (nSPS) is 24.8. The highest BCUT2D eigenvalue weighted by Crippen LogP contribution is 2.59. The third kappa shape index (κ3) is 7.45. The first-order valence-electron chi connectivity index (χ1n) is 21.6. The van der Waals surface area contributed by atoms with Gasteiger partial charge in [-0.15, -0.1) is 0 Å². The fraction of sp³-hybridized carbons (Fsp3) is 0.500. The third-order valence-corrected chi connectivity index (χ3v) is 19.4. The monoisotopic (exact) mass is 913 g/mol. The average molecular weight is 915 g/mol. The second kappa shape index (κ2) is 16.6. The quantitative estimate of drug-likeness (QED) is 0.107. The van der Waals surface area contributed by atoms with Gasteiger partial charge in [-0.25, -0.2) is 4.39 Å². The van der Waals surface area contributed by atoms with Gasteiger partial charge in [0, 0.05) is 23.1 Å². The maximum absolute atomic E-state index is 17.5. The van der Waals surface area contributed by atoms with Crippen LogP contribution in [0.2, 0.25) is 18.1 Å². The predicted molar refractivity (Wildman–Crippen MR) is 236 cm³/mol. The number of fused-ring (bicyclic) bond motifs is 4. The van der Waals surface area contributed by atoms with E-state index in [4.69, 9.17) is 18.4 Å². The molecular formula is C48H57BrFN3O7Si. The highest BCUT2D eigenvalue weighted by Gasteiger charge is 2.70. The minimum Gasteiger partial charge on any atom is -0.487 e. The lowest BCUT2D eigenvalue weighted by atomic mass is 9.54. The van der Waals surface area contributed by atoms with E-state index in [1.807, 2.05) is 99.7 Å². The molecule has 2 heterocycles. The Bertz CT molecular complexity index is 2320. The molecule has 3 aliphatic carbocycles. The molecule has 1 saturated heterocycles. The number of hydrogen-bond acceptors (Lipinski definition) is 10. The molecular weight excluding hydrogens is 858 g/mol. The van der Waals surface area contributed by atoms with E-state index in [0.717, 1.165) is 43.5 Å². The number of ketones is 3. The van der Waals surface area contributed by atoms with Crippen LogP contribution in [0.25, 0.3) is 0 Å². The summed E-state index contributed by atoms with van der Waals surface area (Å²) >= 11 is 3.76. The highest BCUT2D eigenvalue weighted by molar-refractivity contribution is 9.10. The molecule has 1 aliphatic heterocycles. The van der Waals surface area contributed by atoms with E-state index in [1.165, 1.54) is 0 Å². The fourth-order valence-electron chi connectivity index (χ4n) is 9.96. The number of carbonyl (C=O) groups is 3. The number of rotatable bonds is 11. The van der Waals surface area contributed by atoms with Crippen molar-refractivity contribution in [2.75, 3.05) is 27.2 Å². The molecule has 8 rings (SSSR count). The summed E-state index contributed by atoms with van der Waals surface area (Å²) in [6.45, 7) is 14.1. The van der Waals surface area contributed by atoms with Crippen LogP contribution in [-0.4, -0.2) is 73.4 Å². The topological polar surface area (TPSA) is 111 Å². The number of hydrogen-bond donors (Lipinski definition) is 0. The molecule has 3 aromatic carbocycles. The van der Waals surface area contributed by atoms with Crippen molar-refractivity contribution < 1.29 is 37.2 Å². The van der Waals surface area contributed by atoms with Gasteiger partial charge in [-0.1, -0.05) is 87.9 Å². The van der Waals surface area contributed by atoms with Crippen molar-refractivity contribution in [2.45, 2.75) is 109 Å². The lowest BCUT2D eigenvalue weighted by Crippen LogP contribution is -2.70. The van der Waals surface area contributed by atoms with E-state index in [1.54, 1.807) is 0 Å². The first kappa shape index (κ1) is 43.6. The Balaban J connectivity index is 1.28. The molecule has 0 bridgehead atoms. The summed E-state index contributed by atoms with van der Waals surface area (Å²) < 4.78 is 44.0. The van der Waals surface area contributed by atoms with Gasteiger partial charge in [-0.05, 0) is 116 Å². The SMILES string of the molecule is CC(c1c(F)c2c(c(OCc3ccccc3)c1Br)C(=O)C1C(=O)[C@]3(O[Si](C)(C)C(C)(C)C)C(=O)c4c(OCc5ccccc5)noc4[C@@H](N(C)C)[C@@H]3C[C@@H]1C2)N1CCCCC1. The first-order valence-corrected chi connectivity index (χ1v) is 25.3. The van der Waals surface area contributed by atoms with Crippen LogP contribution < -0.4 is 9.47 Å². The van der Waals surface area contributed by atoms with Crippen LogP contribution in [0, 0.1) is 23.6 Å². The van der Waals surface area contributed by atoms with Crippen LogP contribution in [-0.2, 0) is 28.9 Å². The van der Waals surface area contributed by atoms with E-state index in [-0.39, 0.29) is 66.2 Å². The van der Waals surface area contributed by atoms with Gasteiger partial charge in [0.15, 0.2) is 31.2 Å². The molecule has 2 unspecified atom stereocenters. The molecule has 0 radical (unpaired) electrons. The Hall–Kier alpha value is -4.01. The Morgan fingerprint density at radius 3 is 2.15 bits per heavy atom. The van der Waals surface area contributed by atoms with Gasteiger partial charge in [0.25, 0.3) is 5.88 Å². The smallest absolute Gasteiger partial charge is 0.265 e. The molecule has 4 aromatic rings. The lowest BCUT2D eigenvalue weighted by molar-refractivity contribution is -0.151. The fourth-order valence-corrected chi connectivity index (χ4v) is 12.2. The third-order valence-electron chi connectivity index (χ3n) is 14.1. The largest absolute Gasteiger partial charge is 0.487 e. The molecule has 61 heavy (non-hydrogen) atoms. The number of carbonyl (C=O) groups excluding carboxylic acids is 3. The second-order valence-electron chi connectivity index (χ2n) is 19.1. The van der Waals surface area contributed by atoms with Crippen LogP contribution in [0.3, 0.4) is 0 Å². The van der Waals surface area contributed by atoms with Gasteiger partial charge in [-0.3, -0.25) is 24.2 Å². The van der Waals surface area contributed by atoms with Crippen LogP contribution in [0.5, 0.6) is 11.6 Å². The molecule has 0 spiro atoms. The van der Waals surface area contributed by atoms with Crippen LogP contribution >= 0.6 is 15.9 Å². The standard InChI is InChI=1S/C48H57BrFN3O7Si/c1-28(53-22-16-11-17-23-53)34-38(49)42(57-26-29-18-12-9-13-19-29)36-32(39(34)50)24-31-25-33-40(52(5)6)43-37(46(51-59-43)58-27-30-20-14-10-15-21-30)45(56)48(33,44(55)35(31)41(36)54)60-61(7,8)47(2,3)4/h9-10,12-15,18-21,28,31,33,35,40H,11,16-17,22-27H2,1-8H3/t28?,31-,33-,35?,40-,48-/m0/s1. The van der Waals surface area contributed by atoms with Crippen molar-refractivity contribution in [2.24, 2.45) is 17.8 Å². The summed E-state index contributed by atoms with van der Waals surface area (Å²) in [5.74, 6) is -4.46. The molecule has 1 saturated carbocycles. The zero-order chi connectivity index (χ0) is 43.6. The van der Waals surface area contributed by atoms with Crippen molar-refractivity contribution in [3.63, 3.8) is 0 Å². The minimum absolute atomic E-state index is 0.0273. The van der Waals surface area contributed by atoms with E-state index in [0.29, 0.717) is 10.0 Å². The van der Waals surface area contributed by atoms with Gasteiger partial charge in [0.05, 0.1) is 22.0 Å². The number of aromatic nitrogens is 1. The van der Waals surface area contributed by atoms with E-state index >= 15 is 18.8 Å². The summed E-state index contributed by atoms with van der Waals surface area (Å²) in [5, 5.41) is 3.87. The van der Waals surface area contributed by atoms with Gasteiger partial charge < -0.3 is 18.4 Å². The number of Topliss-reactive ketones (excluding diaryl/α,β-unsaturated/α-hetero) is 3. The molecule has 6 atom stereocenters. The molecule has 4 aliphatic rings. The maximum Gasteiger partial charge on any atom is 0.265 e. The molecule has 13 heteroatoms. The minimum atomic E-state index is -2.97. The number of halogens is 2. The van der Waals surface area contributed by atoms with Crippen molar-refractivity contribution in [3.05, 3.63) is 110 Å². The molecule has 1 aromatic heterocycles. The number of likely N-dealkylation sites (tertiary alicyclic amines) is 1. The molecule has 0 N–H and O–H groups in total. The summed E-state index contributed by atoms with van der Waals surface area (Å²) in [6.07, 6.45) is 3.50. The van der Waals surface area contributed by atoms with Crippen molar-refractivity contribution in [3.8, 4) is 11.6 Å². The molecule has 10 nitrogen and oxygen atoms in total. The summed E-state index contributed by atoms with van der Waals surface area (Å²) in [6, 6.07) is 18.1. The van der Waals surface area contributed by atoms with Crippen LogP contribution in [0.1, 0.15) is 114 Å². The Labute approximate surface area is 367 Å². The first-order chi connectivity index (χ1) is 29.0. The summed E-state index contributed by atoms with van der Waals surface area (Å²) in [7, 11) is 0.765. The van der Waals surface area contributed by atoms with Gasteiger partial charge >= 0.3 is 0 Å². The van der Waals surface area contributed by atoms with E-state index < -0.39 is 65.9 Å². The molecule has 324 valence electrons. The maximum atomic E-state index is 17.5. The second-order valence-corrected chi connectivity index (χ2v) is 24.6. The Kier molecular flexibility index (Phi) is 11.9. The van der Waals surface area contributed by atoms with Crippen molar-refractivity contribution in [1.29, 1.82) is 0 Å². The number of nitrogens with zero attached hydrogens (tertiary/aromatic N) is 3. The highest BCUT2D eigenvalue weighted by atomic mass is 79.9. The van der Waals surface area contributed by atoms with Crippen molar-refractivity contribution in [1.82, 2.24) is 15.0 Å². The zero-order valence-electron chi connectivity index (χ0n) is 36.5. The number of piperidine rings is 1. The van der Waals surface area contributed by atoms with Gasteiger partial charge in [0.1, 0.15) is 30.3 Å². The summed E-state index contributed by atoms with van der Waals surface area (Å²) in [4.78, 5) is 51.3. The van der Waals surface area contributed by atoms with Gasteiger partial charge in [0.2, 0.25) is 5.78 Å². The predicted octanol–water partition coefficient (Wildman–Crippen LogP) is 10.1. The number of ether oxygens (including phenoxy) is 2. The van der Waals surface area contributed by atoms with E-state index in [2.05, 4.69) is 46.8 Å². The number of benzene rings is 3. The molecule has 0 amide bonds. The molecule has 2 fully saturated rings. The average Bonchev–Trinajstić information content (AvgIpc) is 3.65. The van der Waals surface area contributed by atoms with Crippen LogP contribution in [0.15, 0.2) is 69.7 Å². The van der Waals surface area contributed by atoms with E-state index in [9.17, 15) is 0 Å². The summed E-state index contributed by atoms with van der Waals surface area (Å²) in [5.41, 5.74) is 0.446. The van der Waals surface area contributed by atoms with Gasteiger partial charge in [-0.2, -0.15) is 0 Å². The lowest BCUT2D eigenvalue weighted by Gasteiger charge is -2.56. The van der Waals surface area contributed by atoms with Crippen molar-refractivity contribution >= 4 is 41.6 Å². The van der Waals surface area contributed by atoms with Crippen LogP contribution in [0.4, 0.5) is 4.39 Å². The Morgan fingerprint density at radius 1 is 0.951 bits per heavy atom. The Morgan fingerprint density at radius 2 is 1.56 bits per heavy atom. The zero-order valence-corrected chi connectivity index (χ0v) is 39.1.